The lowest BCUT2D eigenvalue weighted by Crippen LogP contribution is -2.55. The predicted molar refractivity (Wildman–Crippen MR) is 55.0 cm³/mol. The van der Waals surface area contributed by atoms with Crippen LogP contribution in [-0.2, 0) is 6.54 Å². The number of aryl methyl sites for hydroxylation is 1. The Balaban J connectivity index is 1.74. The van der Waals surface area contributed by atoms with Gasteiger partial charge in [0.1, 0.15) is 5.01 Å². The van der Waals surface area contributed by atoms with Gasteiger partial charge in [-0.05, 0) is 14.0 Å². The number of aromatic nitrogens is 1. The predicted octanol–water partition coefficient (Wildman–Crippen LogP) is 0.855. The van der Waals surface area contributed by atoms with E-state index in [2.05, 4.69) is 27.6 Å². The average Bonchev–Trinajstić information content (AvgIpc) is 2.43. The van der Waals surface area contributed by atoms with Gasteiger partial charge in [-0.15, -0.1) is 11.3 Å². The summed E-state index contributed by atoms with van der Waals surface area (Å²) in [5.41, 5.74) is 1.13. The van der Waals surface area contributed by atoms with E-state index in [4.69, 9.17) is 0 Å². The van der Waals surface area contributed by atoms with Crippen LogP contribution in [-0.4, -0.2) is 36.1 Å². The third kappa shape index (κ3) is 2.27. The molecular weight excluding hydrogens is 182 g/mol. The Morgan fingerprint density at radius 1 is 1.69 bits per heavy atom. The van der Waals surface area contributed by atoms with Crippen LogP contribution >= 0.6 is 11.3 Å². The Morgan fingerprint density at radius 3 is 3.00 bits per heavy atom. The first-order valence-corrected chi connectivity index (χ1v) is 5.45. The van der Waals surface area contributed by atoms with E-state index in [0.29, 0.717) is 6.04 Å². The van der Waals surface area contributed by atoms with E-state index in [1.165, 1.54) is 18.1 Å². The first-order chi connectivity index (χ1) is 6.24. The standard InChI is InChI=1S/C9H15N3S/c1-7-6-13-9(11-7)3-10-8-4-12(2)5-8/h6,8,10H,3-5H2,1-2H3. The van der Waals surface area contributed by atoms with E-state index in [-0.39, 0.29) is 0 Å². The topological polar surface area (TPSA) is 28.2 Å². The average molecular weight is 197 g/mol. The largest absolute Gasteiger partial charge is 0.305 e. The minimum atomic E-state index is 0.675. The molecule has 0 aliphatic carbocycles. The second kappa shape index (κ2) is 3.74. The van der Waals surface area contributed by atoms with E-state index in [1.807, 2.05) is 6.92 Å². The third-order valence-corrected chi connectivity index (χ3v) is 3.24. The summed E-state index contributed by atoms with van der Waals surface area (Å²) >= 11 is 1.74. The molecule has 1 fully saturated rings. The zero-order chi connectivity index (χ0) is 9.26. The van der Waals surface area contributed by atoms with Gasteiger partial charge in [0.05, 0.1) is 0 Å². The van der Waals surface area contributed by atoms with Crippen molar-refractivity contribution in [2.24, 2.45) is 0 Å². The third-order valence-electron chi connectivity index (χ3n) is 2.27. The van der Waals surface area contributed by atoms with E-state index in [9.17, 15) is 0 Å². The molecular formula is C9H15N3S. The molecule has 0 atom stereocenters. The molecule has 1 N–H and O–H groups in total. The summed E-state index contributed by atoms with van der Waals surface area (Å²) in [7, 11) is 2.14. The van der Waals surface area contributed by atoms with Crippen molar-refractivity contribution in [2.45, 2.75) is 19.5 Å². The second-order valence-corrected chi connectivity index (χ2v) is 4.62. The van der Waals surface area contributed by atoms with Crippen molar-refractivity contribution in [1.82, 2.24) is 15.2 Å². The number of hydrogen-bond donors (Lipinski definition) is 1. The van der Waals surface area contributed by atoms with Crippen molar-refractivity contribution >= 4 is 11.3 Å². The van der Waals surface area contributed by atoms with Crippen molar-refractivity contribution < 1.29 is 0 Å². The van der Waals surface area contributed by atoms with Crippen LogP contribution in [0.3, 0.4) is 0 Å². The fourth-order valence-electron chi connectivity index (χ4n) is 1.54. The molecule has 1 aliphatic heterocycles. The molecule has 0 saturated carbocycles. The van der Waals surface area contributed by atoms with Crippen molar-refractivity contribution in [3.05, 3.63) is 16.1 Å². The molecule has 2 heterocycles. The minimum Gasteiger partial charge on any atom is -0.305 e. The Morgan fingerprint density at radius 2 is 2.46 bits per heavy atom. The number of nitrogens with zero attached hydrogens (tertiary/aromatic N) is 2. The van der Waals surface area contributed by atoms with Crippen LogP contribution in [0, 0.1) is 6.92 Å². The number of hydrogen-bond acceptors (Lipinski definition) is 4. The summed E-state index contributed by atoms with van der Waals surface area (Å²) in [4.78, 5) is 6.71. The summed E-state index contributed by atoms with van der Waals surface area (Å²) < 4.78 is 0. The van der Waals surface area contributed by atoms with Gasteiger partial charge in [-0.25, -0.2) is 4.98 Å². The molecule has 0 bridgehead atoms. The van der Waals surface area contributed by atoms with Gasteiger partial charge in [-0.1, -0.05) is 0 Å². The molecule has 0 radical (unpaired) electrons. The molecule has 2 rings (SSSR count). The van der Waals surface area contributed by atoms with Crippen molar-refractivity contribution in [3.63, 3.8) is 0 Å². The van der Waals surface area contributed by atoms with Gasteiger partial charge in [-0.2, -0.15) is 0 Å². The highest BCUT2D eigenvalue weighted by Gasteiger charge is 2.22. The van der Waals surface area contributed by atoms with Crippen LogP contribution in [0.2, 0.25) is 0 Å². The van der Waals surface area contributed by atoms with Gasteiger partial charge in [0, 0.05) is 36.8 Å². The summed E-state index contributed by atoms with van der Waals surface area (Å²) in [6.07, 6.45) is 0. The van der Waals surface area contributed by atoms with Gasteiger partial charge < -0.3 is 10.2 Å². The molecule has 0 spiro atoms. The summed E-state index contributed by atoms with van der Waals surface area (Å²) in [6, 6.07) is 0.675. The number of thiazole rings is 1. The van der Waals surface area contributed by atoms with Crippen molar-refractivity contribution in [2.75, 3.05) is 20.1 Å². The summed E-state index contributed by atoms with van der Waals surface area (Å²) in [6.45, 7) is 5.31. The van der Waals surface area contributed by atoms with Gasteiger partial charge >= 0.3 is 0 Å². The lowest BCUT2D eigenvalue weighted by Gasteiger charge is -2.36. The minimum absolute atomic E-state index is 0.675. The number of rotatable bonds is 3. The van der Waals surface area contributed by atoms with Crippen LogP contribution < -0.4 is 5.32 Å². The van der Waals surface area contributed by atoms with E-state index in [0.717, 1.165) is 12.2 Å². The van der Waals surface area contributed by atoms with E-state index < -0.39 is 0 Å². The van der Waals surface area contributed by atoms with Crippen LogP contribution in [0.15, 0.2) is 5.38 Å². The molecule has 0 unspecified atom stereocenters. The Kier molecular flexibility index (Phi) is 2.62. The molecule has 13 heavy (non-hydrogen) atoms. The maximum Gasteiger partial charge on any atom is 0.107 e. The summed E-state index contributed by atoms with van der Waals surface area (Å²) in [5, 5.41) is 6.79. The molecule has 1 aromatic heterocycles. The first-order valence-electron chi connectivity index (χ1n) is 4.57. The van der Waals surface area contributed by atoms with Crippen LogP contribution in [0.5, 0.6) is 0 Å². The Bertz CT molecular complexity index is 278. The SMILES string of the molecule is Cc1csc(CNC2CN(C)C2)n1. The summed E-state index contributed by atoms with van der Waals surface area (Å²) in [5.74, 6) is 0. The molecule has 3 nitrogen and oxygen atoms in total. The number of likely N-dealkylation sites (N-methyl/N-ethyl adjacent to an activating group) is 1. The maximum atomic E-state index is 4.40. The first kappa shape index (κ1) is 9.12. The number of nitrogens with one attached hydrogen (secondary N) is 1. The molecule has 1 saturated heterocycles. The van der Waals surface area contributed by atoms with Crippen LogP contribution in [0.4, 0.5) is 0 Å². The lowest BCUT2D eigenvalue weighted by molar-refractivity contribution is 0.161. The Labute approximate surface area is 82.8 Å². The molecule has 0 aromatic carbocycles. The maximum absolute atomic E-state index is 4.40. The lowest BCUT2D eigenvalue weighted by atomic mass is 10.1. The highest BCUT2D eigenvalue weighted by molar-refractivity contribution is 7.09. The monoisotopic (exact) mass is 197 g/mol. The molecule has 72 valence electrons. The molecule has 1 aromatic rings. The zero-order valence-electron chi connectivity index (χ0n) is 8.08. The molecule has 1 aliphatic rings. The zero-order valence-corrected chi connectivity index (χ0v) is 8.90. The van der Waals surface area contributed by atoms with E-state index >= 15 is 0 Å². The smallest absolute Gasteiger partial charge is 0.107 e. The van der Waals surface area contributed by atoms with E-state index in [1.54, 1.807) is 11.3 Å². The molecule has 0 amide bonds. The van der Waals surface area contributed by atoms with Crippen molar-refractivity contribution in [3.8, 4) is 0 Å². The second-order valence-electron chi connectivity index (χ2n) is 3.68. The van der Waals surface area contributed by atoms with Gasteiger partial charge in [0.25, 0.3) is 0 Å². The molecule has 4 heteroatoms. The van der Waals surface area contributed by atoms with Crippen LogP contribution in [0.1, 0.15) is 10.7 Å². The van der Waals surface area contributed by atoms with Crippen LogP contribution in [0.25, 0.3) is 0 Å². The fourth-order valence-corrected chi connectivity index (χ4v) is 2.27. The highest BCUT2D eigenvalue weighted by atomic mass is 32.1. The fraction of sp³-hybridized carbons (Fsp3) is 0.667. The quantitative estimate of drug-likeness (QED) is 0.779. The van der Waals surface area contributed by atoms with Crippen molar-refractivity contribution in [1.29, 1.82) is 0 Å². The van der Waals surface area contributed by atoms with Gasteiger partial charge in [-0.3, -0.25) is 0 Å². The van der Waals surface area contributed by atoms with Gasteiger partial charge in [0.15, 0.2) is 0 Å². The van der Waals surface area contributed by atoms with Gasteiger partial charge in [0.2, 0.25) is 0 Å². The Hall–Kier alpha value is -0.450. The highest BCUT2D eigenvalue weighted by Crippen LogP contribution is 2.10. The normalized spacial score (nSPS) is 18.9. The number of likely N-dealkylation sites (tertiary alicyclic amines) is 1.